The Morgan fingerprint density at radius 1 is 1.40 bits per heavy atom. The van der Waals surface area contributed by atoms with E-state index in [0.29, 0.717) is 17.7 Å². The summed E-state index contributed by atoms with van der Waals surface area (Å²) in [5.74, 6) is -0.0187. The van der Waals surface area contributed by atoms with Crippen molar-refractivity contribution in [2.45, 2.75) is 13.3 Å². The van der Waals surface area contributed by atoms with Gasteiger partial charge in [-0.1, -0.05) is 13.0 Å². The number of Topliss-reactive ketones (excluding diaryl/α,β-unsaturated/α-hetero) is 1. The first-order valence-electron chi connectivity index (χ1n) is 4.68. The summed E-state index contributed by atoms with van der Waals surface area (Å²) >= 11 is 0. The van der Waals surface area contributed by atoms with E-state index in [1.165, 1.54) is 6.07 Å². The van der Waals surface area contributed by atoms with Crippen molar-refractivity contribution in [2.75, 3.05) is 6.61 Å². The van der Waals surface area contributed by atoms with Crippen LogP contribution in [0.15, 0.2) is 24.3 Å². The molecule has 0 aromatic heterocycles. The van der Waals surface area contributed by atoms with Crippen LogP contribution < -0.4 is 10.5 Å². The molecule has 15 heavy (non-hydrogen) atoms. The van der Waals surface area contributed by atoms with Crippen molar-refractivity contribution >= 4 is 11.7 Å². The number of carbonyl (C=O) groups excluding carboxylic acids is 2. The van der Waals surface area contributed by atoms with Crippen molar-refractivity contribution in [1.29, 1.82) is 0 Å². The van der Waals surface area contributed by atoms with E-state index in [1.807, 2.05) is 0 Å². The Balaban J connectivity index is 2.66. The highest BCUT2D eigenvalue weighted by atomic mass is 16.5. The molecule has 0 aliphatic heterocycles. The van der Waals surface area contributed by atoms with Crippen LogP contribution in [0.3, 0.4) is 0 Å². The van der Waals surface area contributed by atoms with Crippen LogP contribution in [0.5, 0.6) is 5.75 Å². The zero-order valence-corrected chi connectivity index (χ0v) is 8.53. The molecule has 1 rings (SSSR count). The van der Waals surface area contributed by atoms with Crippen molar-refractivity contribution < 1.29 is 14.3 Å². The van der Waals surface area contributed by atoms with E-state index in [9.17, 15) is 9.59 Å². The maximum absolute atomic E-state index is 11.0. The molecule has 2 N–H and O–H groups in total. The van der Waals surface area contributed by atoms with Crippen molar-refractivity contribution in [3.63, 3.8) is 0 Å². The van der Waals surface area contributed by atoms with Gasteiger partial charge in [0.05, 0.1) is 0 Å². The molecule has 0 unspecified atom stereocenters. The molecule has 4 heteroatoms. The minimum atomic E-state index is -0.512. The number of primary amides is 1. The lowest BCUT2D eigenvalue weighted by Crippen LogP contribution is -2.12. The molecule has 0 heterocycles. The van der Waals surface area contributed by atoms with Crippen LogP contribution in [0.1, 0.15) is 23.7 Å². The van der Waals surface area contributed by atoms with Crippen LogP contribution in [0, 0.1) is 0 Å². The molecule has 0 aliphatic rings. The summed E-state index contributed by atoms with van der Waals surface area (Å²) in [4.78, 5) is 21.8. The quantitative estimate of drug-likeness (QED) is 0.787. The molecule has 80 valence electrons. The van der Waals surface area contributed by atoms with Gasteiger partial charge >= 0.3 is 0 Å². The molecule has 0 radical (unpaired) electrons. The molecular weight excluding hydrogens is 194 g/mol. The zero-order valence-electron chi connectivity index (χ0n) is 8.53. The predicted molar refractivity (Wildman–Crippen MR) is 55.8 cm³/mol. The van der Waals surface area contributed by atoms with E-state index < -0.39 is 5.91 Å². The maximum Gasteiger partial charge on any atom is 0.248 e. The number of ether oxygens (including phenoxy) is 1. The first-order chi connectivity index (χ1) is 7.13. The number of nitrogens with two attached hydrogens (primary N) is 1. The van der Waals surface area contributed by atoms with Crippen LogP contribution in [0.25, 0.3) is 0 Å². The number of carbonyl (C=O) groups is 2. The molecule has 0 saturated carbocycles. The first-order valence-corrected chi connectivity index (χ1v) is 4.68. The van der Waals surface area contributed by atoms with Gasteiger partial charge in [-0.25, -0.2) is 0 Å². The van der Waals surface area contributed by atoms with E-state index >= 15 is 0 Å². The number of benzene rings is 1. The van der Waals surface area contributed by atoms with Gasteiger partial charge < -0.3 is 10.5 Å². The fourth-order valence-electron chi connectivity index (χ4n) is 1.01. The van der Waals surface area contributed by atoms with E-state index in [1.54, 1.807) is 25.1 Å². The molecule has 1 amide bonds. The Morgan fingerprint density at radius 3 is 2.73 bits per heavy atom. The summed E-state index contributed by atoms with van der Waals surface area (Å²) in [5.41, 5.74) is 5.48. The Labute approximate surface area is 88.0 Å². The van der Waals surface area contributed by atoms with Gasteiger partial charge in [-0.3, -0.25) is 9.59 Å². The van der Waals surface area contributed by atoms with Crippen molar-refractivity contribution in [3.05, 3.63) is 29.8 Å². The number of rotatable bonds is 5. The molecule has 1 aromatic rings. The lowest BCUT2D eigenvalue weighted by molar-refractivity contribution is -0.120. The summed E-state index contributed by atoms with van der Waals surface area (Å²) in [6, 6.07) is 6.45. The minimum absolute atomic E-state index is 0.0134. The average Bonchev–Trinajstić information content (AvgIpc) is 2.26. The van der Waals surface area contributed by atoms with E-state index in [2.05, 4.69) is 0 Å². The van der Waals surface area contributed by atoms with E-state index in [0.717, 1.165) is 0 Å². The second-order valence-corrected chi connectivity index (χ2v) is 3.07. The molecule has 0 fully saturated rings. The predicted octanol–water partition coefficient (Wildman–Crippen LogP) is 1.14. The van der Waals surface area contributed by atoms with Crippen molar-refractivity contribution in [2.24, 2.45) is 5.73 Å². The van der Waals surface area contributed by atoms with Gasteiger partial charge in [0.15, 0.2) is 5.78 Å². The summed E-state index contributed by atoms with van der Waals surface area (Å²) in [5, 5.41) is 0. The minimum Gasteiger partial charge on any atom is -0.486 e. The summed E-state index contributed by atoms with van der Waals surface area (Å²) < 4.78 is 5.19. The molecule has 4 nitrogen and oxygen atoms in total. The van der Waals surface area contributed by atoms with E-state index in [-0.39, 0.29) is 12.4 Å². The van der Waals surface area contributed by atoms with Gasteiger partial charge in [0.1, 0.15) is 12.4 Å². The fourth-order valence-corrected chi connectivity index (χ4v) is 1.01. The first kappa shape index (κ1) is 11.2. The van der Waals surface area contributed by atoms with Crippen LogP contribution in [0.4, 0.5) is 0 Å². The maximum atomic E-state index is 11.0. The normalized spacial score (nSPS) is 9.67. The third kappa shape index (κ3) is 3.42. The monoisotopic (exact) mass is 207 g/mol. The summed E-state index contributed by atoms with van der Waals surface area (Å²) in [7, 11) is 0. The molecule has 0 atom stereocenters. The van der Waals surface area contributed by atoms with Gasteiger partial charge in [0.25, 0.3) is 0 Å². The van der Waals surface area contributed by atoms with Gasteiger partial charge in [-0.05, 0) is 18.2 Å². The van der Waals surface area contributed by atoms with E-state index in [4.69, 9.17) is 10.5 Å². The summed E-state index contributed by atoms with van der Waals surface area (Å²) in [6.45, 7) is 1.80. The third-order valence-corrected chi connectivity index (χ3v) is 1.91. The zero-order chi connectivity index (χ0) is 11.3. The Morgan fingerprint density at radius 2 is 2.13 bits per heavy atom. The van der Waals surface area contributed by atoms with Gasteiger partial charge in [-0.2, -0.15) is 0 Å². The highest BCUT2D eigenvalue weighted by Gasteiger charge is 2.03. The van der Waals surface area contributed by atoms with Crippen LogP contribution >= 0.6 is 0 Å². The molecule has 0 spiro atoms. The molecule has 1 aromatic carbocycles. The molecule has 0 bridgehead atoms. The van der Waals surface area contributed by atoms with Crippen LogP contribution in [0.2, 0.25) is 0 Å². The summed E-state index contributed by atoms with van der Waals surface area (Å²) in [6.07, 6.45) is 0.440. The number of hydrogen-bond acceptors (Lipinski definition) is 3. The molecule has 0 saturated heterocycles. The topological polar surface area (TPSA) is 69.4 Å². The Hall–Kier alpha value is -1.84. The fraction of sp³-hybridized carbons (Fsp3) is 0.273. The second kappa shape index (κ2) is 5.14. The number of hydrogen-bond donors (Lipinski definition) is 1. The highest BCUT2D eigenvalue weighted by Crippen LogP contribution is 2.12. The lowest BCUT2D eigenvalue weighted by atomic mass is 10.2. The second-order valence-electron chi connectivity index (χ2n) is 3.07. The van der Waals surface area contributed by atoms with Gasteiger partial charge in [-0.15, -0.1) is 0 Å². The molecular formula is C11H13NO3. The van der Waals surface area contributed by atoms with Crippen LogP contribution in [-0.2, 0) is 4.79 Å². The van der Waals surface area contributed by atoms with Crippen molar-refractivity contribution in [3.8, 4) is 5.75 Å². The molecule has 0 aliphatic carbocycles. The van der Waals surface area contributed by atoms with Gasteiger partial charge in [0, 0.05) is 12.0 Å². The van der Waals surface area contributed by atoms with Gasteiger partial charge in [0.2, 0.25) is 5.91 Å². The highest BCUT2D eigenvalue weighted by molar-refractivity contribution is 5.93. The number of ketones is 1. The number of amides is 1. The van der Waals surface area contributed by atoms with Crippen LogP contribution in [-0.4, -0.2) is 18.3 Å². The lowest BCUT2D eigenvalue weighted by Gasteiger charge is -2.05. The Kier molecular flexibility index (Phi) is 3.85. The largest absolute Gasteiger partial charge is 0.486 e. The standard InChI is InChI=1S/C11H13NO3/c1-2-9(13)7-15-10-5-3-4-8(6-10)11(12)14/h3-6H,2,7H2,1H3,(H2,12,14). The average molecular weight is 207 g/mol. The van der Waals surface area contributed by atoms with Crippen molar-refractivity contribution in [1.82, 2.24) is 0 Å². The smallest absolute Gasteiger partial charge is 0.248 e. The SMILES string of the molecule is CCC(=O)COc1cccc(C(N)=O)c1. The Bertz CT molecular complexity index is 374. The third-order valence-electron chi connectivity index (χ3n) is 1.91.